The van der Waals surface area contributed by atoms with E-state index in [4.69, 9.17) is 4.42 Å². The zero-order chi connectivity index (χ0) is 15.6. The second-order valence-electron chi connectivity index (χ2n) is 6.73. The molecule has 0 bridgehead atoms. The zero-order valence-electron chi connectivity index (χ0n) is 13.7. The van der Waals surface area contributed by atoms with Crippen LogP contribution in [0.5, 0.6) is 0 Å². The molecule has 0 amide bonds. The summed E-state index contributed by atoms with van der Waals surface area (Å²) in [7, 11) is 0. The minimum absolute atomic E-state index is 0.619. The molecule has 21 heavy (non-hydrogen) atoms. The van der Waals surface area contributed by atoms with E-state index < -0.39 is 0 Å². The van der Waals surface area contributed by atoms with E-state index in [0.717, 1.165) is 35.3 Å². The molecule has 0 aliphatic rings. The van der Waals surface area contributed by atoms with Crippen molar-refractivity contribution in [1.29, 1.82) is 0 Å². The Bertz CT molecular complexity index is 613. The van der Waals surface area contributed by atoms with Gasteiger partial charge in [-0.1, -0.05) is 43.6 Å². The Morgan fingerprint density at radius 3 is 2.48 bits per heavy atom. The first-order valence-corrected chi connectivity index (χ1v) is 8.59. The topological polar surface area (TPSA) is 25.2 Å². The molecule has 0 aliphatic heterocycles. The van der Waals surface area contributed by atoms with E-state index in [1.165, 1.54) is 16.5 Å². The summed E-state index contributed by atoms with van der Waals surface area (Å²) in [6.45, 7) is 12.9. The summed E-state index contributed by atoms with van der Waals surface area (Å²) in [5.41, 5.74) is 3.59. The summed E-state index contributed by atoms with van der Waals surface area (Å²) < 4.78 is 7.31. The first kappa shape index (κ1) is 16.6. The Morgan fingerprint density at radius 1 is 1.14 bits per heavy atom. The third kappa shape index (κ3) is 4.10. The van der Waals surface area contributed by atoms with Gasteiger partial charge in [-0.2, -0.15) is 0 Å². The fourth-order valence-electron chi connectivity index (χ4n) is 2.67. The zero-order valence-corrected chi connectivity index (χ0v) is 15.3. The van der Waals surface area contributed by atoms with Crippen LogP contribution in [0.4, 0.5) is 0 Å². The second-order valence-corrected chi connectivity index (χ2v) is 7.64. The Kier molecular flexibility index (Phi) is 5.50. The highest BCUT2D eigenvalue weighted by Gasteiger charge is 2.17. The molecule has 0 radical (unpaired) electrons. The number of aryl methyl sites for hydroxylation is 1. The van der Waals surface area contributed by atoms with Gasteiger partial charge >= 0.3 is 0 Å². The smallest absolute Gasteiger partial charge is 0.137 e. The van der Waals surface area contributed by atoms with Crippen molar-refractivity contribution in [2.75, 3.05) is 6.54 Å². The van der Waals surface area contributed by atoms with Crippen molar-refractivity contribution < 1.29 is 4.42 Å². The molecule has 3 heteroatoms. The summed E-state index contributed by atoms with van der Waals surface area (Å²) in [6, 6.07) is 4.31. The van der Waals surface area contributed by atoms with Crippen molar-refractivity contribution in [2.45, 2.75) is 47.6 Å². The van der Waals surface area contributed by atoms with Crippen LogP contribution in [-0.4, -0.2) is 6.54 Å². The Hall–Kier alpha value is -0.800. The van der Waals surface area contributed by atoms with Crippen LogP contribution in [0.3, 0.4) is 0 Å². The van der Waals surface area contributed by atoms with Gasteiger partial charge in [0.15, 0.2) is 0 Å². The number of hydrogen-bond acceptors (Lipinski definition) is 2. The summed E-state index contributed by atoms with van der Waals surface area (Å²) in [6.07, 6.45) is 1.06. The van der Waals surface area contributed by atoms with Crippen LogP contribution in [0, 0.1) is 18.8 Å². The van der Waals surface area contributed by atoms with Crippen molar-refractivity contribution >= 4 is 26.9 Å². The summed E-state index contributed by atoms with van der Waals surface area (Å²) in [4.78, 5) is 0. The van der Waals surface area contributed by atoms with Gasteiger partial charge < -0.3 is 9.73 Å². The maximum absolute atomic E-state index is 6.18. The van der Waals surface area contributed by atoms with E-state index in [9.17, 15) is 0 Å². The molecule has 0 saturated carbocycles. The highest BCUT2D eigenvalue weighted by molar-refractivity contribution is 9.10. The summed E-state index contributed by atoms with van der Waals surface area (Å²) >= 11 is 3.61. The SMILES string of the molecule is Cc1cc(Br)cc2c(CC(C)C)c(CNCC(C)C)oc12. The van der Waals surface area contributed by atoms with Gasteiger partial charge in [-0.25, -0.2) is 0 Å². The average Bonchev–Trinajstić information content (AvgIpc) is 2.67. The van der Waals surface area contributed by atoms with E-state index in [0.29, 0.717) is 11.8 Å². The van der Waals surface area contributed by atoms with Crippen molar-refractivity contribution in [3.05, 3.63) is 33.5 Å². The lowest BCUT2D eigenvalue weighted by Crippen LogP contribution is -2.19. The van der Waals surface area contributed by atoms with E-state index in [2.05, 4.69) is 68.0 Å². The number of nitrogens with one attached hydrogen (secondary N) is 1. The fourth-order valence-corrected chi connectivity index (χ4v) is 3.25. The molecular formula is C18H26BrNO. The van der Waals surface area contributed by atoms with Crippen LogP contribution >= 0.6 is 15.9 Å². The third-order valence-electron chi connectivity index (χ3n) is 3.58. The van der Waals surface area contributed by atoms with Gasteiger partial charge in [0.25, 0.3) is 0 Å². The lowest BCUT2D eigenvalue weighted by Gasteiger charge is -2.09. The minimum Gasteiger partial charge on any atom is -0.459 e. The lowest BCUT2D eigenvalue weighted by molar-refractivity contribution is 0.476. The van der Waals surface area contributed by atoms with E-state index in [-0.39, 0.29) is 0 Å². The number of fused-ring (bicyclic) bond motifs is 1. The predicted octanol–water partition coefficient (Wildman–Crippen LogP) is 5.45. The maximum Gasteiger partial charge on any atom is 0.137 e. The number of hydrogen-bond donors (Lipinski definition) is 1. The number of furan rings is 1. The van der Waals surface area contributed by atoms with Crippen molar-refractivity contribution in [1.82, 2.24) is 5.32 Å². The van der Waals surface area contributed by atoms with Crippen LogP contribution in [-0.2, 0) is 13.0 Å². The second kappa shape index (κ2) is 6.97. The van der Waals surface area contributed by atoms with Gasteiger partial charge in [-0.05, 0) is 49.4 Å². The molecule has 0 aliphatic carbocycles. The Balaban J connectivity index is 2.40. The van der Waals surface area contributed by atoms with Gasteiger partial charge in [0.1, 0.15) is 11.3 Å². The molecule has 1 aromatic carbocycles. The largest absolute Gasteiger partial charge is 0.459 e. The predicted molar refractivity (Wildman–Crippen MR) is 93.7 cm³/mol. The third-order valence-corrected chi connectivity index (χ3v) is 4.03. The number of benzene rings is 1. The molecule has 0 fully saturated rings. The first-order chi connectivity index (χ1) is 9.88. The molecule has 0 atom stereocenters. The fraction of sp³-hybridized carbons (Fsp3) is 0.556. The Labute approximate surface area is 136 Å². The van der Waals surface area contributed by atoms with Crippen LogP contribution in [0.15, 0.2) is 21.0 Å². The van der Waals surface area contributed by atoms with Crippen LogP contribution in [0.2, 0.25) is 0 Å². The molecular weight excluding hydrogens is 326 g/mol. The number of rotatable bonds is 6. The monoisotopic (exact) mass is 351 g/mol. The van der Waals surface area contributed by atoms with Gasteiger partial charge in [0, 0.05) is 15.4 Å². The van der Waals surface area contributed by atoms with Crippen LogP contribution in [0.25, 0.3) is 11.0 Å². The minimum atomic E-state index is 0.619. The molecule has 0 saturated heterocycles. The van der Waals surface area contributed by atoms with E-state index in [1.807, 2.05) is 0 Å². The highest BCUT2D eigenvalue weighted by atomic mass is 79.9. The normalized spacial score (nSPS) is 12.0. The lowest BCUT2D eigenvalue weighted by atomic mass is 9.99. The van der Waals surface area contributed by atoms with Crippen LogP contribution in [0.1, 0.15) is 44.6 Å². The van der Waals surface area contributed by atoms with Gasteiger partial charge in [0.05, 0.1) is 6.54 Å². The number of halogens is 1. The molecule has 2 nitrogen and oxygen atoms in total. The average molecular weight is 352 g/mol. The van der Waals surface area contributed by atoms with E-state index in [1.54, 1.807) is 0 Å². The molecule has 1 aromatic heterocycles. The van der Waals surface area contributed by atoms with Crippen molar-refractivity contribution in [2.24, 2.45) is 11.8 Å². The molecule has 0 spiro atoms. The van der Waals surface area contributed by atoms with Gasteiger partial charge in [-0.3, -0.25) is 0 Å². The quantitative estimate of drug-likeness (QED) is 0.748. The summed E-state index contributed by atoms with van der Waals surface area (Å²) in [5.74, 6) is 2.37. The van der Waals surface area contributed by atoms with Crippen molar-refractivity contribution in [3.63, 3.8) is 0 Å². The molecule has 0 unspecified atom stereocenters. The first-order valence-electron chi connectivity index (χ1n) is 7.79. The standard InChI is InChI=1S/C18H26BrNO/c1-11(2)6-15-16-8-14(19)7-13(5)18(16)21-17(15)10-20-9-12(3)4/h7-8,11-12,20H,6,9-10H2,1-5H3. The summed E-state index contributed by atoms with van der Waals surface area (Å²) in [5, 5.41) is 4.77. The van der Waals surface area contributed by atoms with Crippen molar-refractivity contribution in [3.8, 4) is 0 Å². The van der Waals surface area contributed by atoms with Gasteiger partial charge in [0.2, 0.25) is 0 Å². The Morgan fingerprint density at radius 2 is 1.86 bits per heavy atom. The van der Waals surface area contributed by atoms with E-state index >= 15 is 0 Å². The molecule has 1 N–H and O–H groups in total. The molecule has 2 rings (SSSR count). The van der Waals surface area contributed by atoms with Crippen LogP contribution < -0.4 is 5.32 Å². The highest BCUT2D eigenvalue weighted by Crippen LogP contribution is 2.33. The maximum atomic E-state index is 6.18. The molecule has 116 valence electrons. The molecule has 1 heterocycles. The molecule has 2 aromatic rings. The van der Waals surface area contributed by atoms with Gasteiger partial charge in [-0.15, -0.1) is 0 Å².